The van der Waals surface area contributed by atoms with Crippen LogP contribution in [0.2, 0.25) is 0 Å². The molecule has 1 atom stereocenters. The summed E-state index contributed by atoms with van der Waals surface area (Å²) in [5.74, 6) is 1.08. The van der Waals surface area contributed by atoms with E-state index in [2.05, 4.69) is 40.7 Å². The highest BCUT2D eigenvalue weighted by Gasteiger charge is 2.20. The smallest absolute Gasteiger partial charge is 0.125 e. The van der Waals surface area contributed by atoms with Gasteiger partial charge in [0.05, 0.1) is 11.7 Å². The van der Waals surface area contributed by atoms with Gasteiger partial charge in [0.25, 0.3) is 0 Å². The van der Waals surface area contributed by atoms with Gasteiger partial charge in [-0.25, -0.2) is 4.98 Å². The van der Waals surface area contributed by atoms with Crippen LogP contribution in [0.5, 0.6) is 0 Å². The van der Waals surface area contributed by atoms with E-state index in [9.17, 15) is 0 Å². The number of aryl methyl sites for hydroxylation is 3. The minimum absolute atomic E-state index is 0.233. The molecule has 0 amide bonds. The number of nitrogens with one attached hydrogen (secondary N) is 1. The van der Waals surface area contributed by atoms with E-state index in [4.69, 9.17) is 0 Å². The van der Waals surface area contributed by atoms with Crippen LogP contribution in [0.3, 0.4) is 0 Å². The molecule has 2 aromatic rings. The lowest BCUT2D eigenvalue weighted by atomic mass is 10.0. The summed E-state index contributed by atoms with van der Waals surface area (Å²) in [5, 5.41) is 8.11. The summed E-state index contributed by atoms with van der Waals surface area (Å²) in [4.78, 5) is 4.50. The molecule has 0 aliphatic rings. The predicted molar refractivity (Wildman–Crippen MR) is 80.6 cm³/mol. The molecule has 1 unspecified atom stereocenters. The van der Waals surface area contributed by atoms with Crippen LogP contribution in [0.4, 0.5) is 0 Å². The van der Waals surface area contributed by atoms with Crippen molar-refractivity contribution in [3.8, 4) is 0 Å². The van der Waals surface area contributed by atoms with Gasteiger partial charge in [0.15, 0.2) is 0 Å². The second-order valence-electron chi connectivity index (χ2n) is 5.38. The third kappa shape index (κ3) is 2.93. The monoisotopic (exact) mass is 275 g/mol. The van der Waals surface area contributed by atoms with Crippen LogP contribution in [0.25, 0.3) is 0 Å². The third-order valence-corrected chi connectivity index (χ3v) is 3.88. The normalized spacial score (nSPS) is 12.8. The van der Waals surface area contributed by atoms with Gasteiger partial charge in [0, 0.05) is 32.2 Å². The fourth-order valence-corrected chi connectivity index (χ4v) is 2.60. The van der Waals surface area contributed by atoms with E-state index >= 15 is 0 Å². The first-order valence-corrected chi connectivity index (χ1v) is 7.24. The fraction of sp³-hybridized carbons (Fsp3) is 0.600. The Kier molecular flexibility index (Phi) is 4.60. The van der Waals surface area contributed by atoms with Gasteiger partial charge >= 0.3 is 0 Å². The number of imidazole rings is 1. The van der Waals surface area contributed by atoms with Crippen molar-refractivity contribution in [3.63, 3.8) is 0 Å². The van der Waals surface area contributed by atoms with Crippen molar-refractivity contribution < 1.29 is 0 Å². The average Bonchev–Trinajstić information content (AvgIpc) is 2.93. The van der Waals surface area contributed by atoms with Crippen molar-refractivity contribution in [1.29, 1.82) is 0 Å². The summed E-state index contributed by atoms with van der Waals surface area (Å²) < 4.78 is 4.05. The maximum Gasteiger partial charge on any atom is 0.125 e. The van der Waals surface area contributed by atoms with Crippen molar-refractivity contribution >= 4 is 0 Å². The molecule has 5 heteroatoms. The van der Waals surface area contributed by atoms with Crippen molar-refractivity contribution in [1.82, 2.24) is 24.6 Å². The van der Waals surface area contributed by atoms with Crippen LogP contribution < -0.4 is 5.32 Å². The average molecular weight is 275 g/mol. The molecule has 0 bridgehead atoms. The van der Waals surface area contributed by atoms with Crippen molar-refractivity contribution in [2.24, 2.45) is 14.1 Å². The molecular weight excluding hydrogens is 250 g/mol. The van der Waals surface area contributed by atoms with E-state index in [1.165, 1.54) is 11.3 Å². The van der Waals surface area contributed by atoms with E-state index in [0.717, 1.165) is 30.9 Å². The number of hydrogen-bond acceptors (Lipinski definition) is 3. The van der Waals surface area contributed by atoms with Crippen molar-refractivity contribution in [2.75, 3.05) is 6.54 Å². The zero-order valence-corrected chi connectivity index (χ0v) is 13.1. The quantitative estimate of drug-likeness (QED) is 0.878. The van der Waals surface area contributed by atoms with E-state index in [1.807, 2.05) is 31.2 Å². The Balaban J connectivity index is 2.26. The molecule has 0 fully saturated rings. The highest BCUT2D eigenvalue weighted by Crippen LogP contribution is 2.21. The number of rotatable bonds is 6. The Morgan fingerprint density at radius 3 is 2.55 bits per heavy atom. The lowest BCUT2D eigenvalue weighted by molar-refractivity contribution is 0.490. The standard InChI is InChI=1S/C15H25N5/c1-6-7-16-14(15-17-8-9-19(15)4)10-13-11(2)18-20(5)12(13)3/h8-9,14,16H,6-7,10H2,1-5H3. The summed E-state index contributed by atoms with van der Waals surface area (Å²) in [6.45, 7) is 7.39. The van der Waals surface area contributed by atoms with Gasteiger partial charge in [-0.15, -0.1) is 0 Å². The van der Waals surface area contributed by atoms with Crippen LogP contribution in [0.15, 0.2) is 12.4 Å². The maximum absolute atomic E-state index is 4.51. The Hall–Kier alpha value is -1.62. The van der Waals surface area contributed by atoms with Gasteiger partial charge in [-0.3, -0.25) is 4.68 Å². The van der Waals surface area contributed by atoms with Crippen LogP contribution in [0, 0.1) is 13.8 Å². The Morgan fingerprint density at radius 1 is 1.30 bits per heavy atom. The Morgan fingerprint density at radius 2 is 2.05 bits per heavy atom. The number of hydrogen-bond donors (Lipinski definition) is 1. The van der Waals surface area contributed by atoms with Crippen LogP contribution >= 0.6 is 0 Å². The molecule has 0 saturated carbocycles. The molecule has 20 heavy (non-hydrogen) atoms. The number of aromatic nitrogens is 4. The van der Waals surface area contributed by atoms with Gasteiger partial charge in [0.2, 0.25) is 0 Å². The SMILES string of the molecule is CCCNC(Cc1c(C)nn(C)c1C)c1nccn1C. The minimum Gasteiger partial charge on any atom is -0.337 e. The zero-order chi connectivity index (χ0) is 14.7. The van der Waals surface area contributed by atoms with Crippen LogP contribution in [0.1, 0.15) is 42.2 Å². The van der Waals surface area contributed by atoms with Crippen molar-refractivity contribution in [2.45, 2.75) is 39.7 Å². The molecule has 2 rings (SSSR count). The van der Waals surface area contributed by atoms with E-state index < -0.39 is 0 Å². The Bertz CT molecular complexity index is 567. The molecule has 2 heterocycles. The number of nitrogens with zero attached hydrogens (tertiary/aromatic N) is 4. The van der Waals surface area contributed by atoms with Crippen molar-refractivity contribution in [3.05, 3.63) is 35.2 Å². The van der Waals surface area contributed by atoms with Gasteiger partial charge in [-0.05, 0) is 38.8 Å². The molecule has 110 valence electrons. The molecule has 0 spiro atoms. The topological polar surface area (TPSA) is 47.7 Å². The first-order chi connectivity index (χ1) is 9.54. The van der Waals surface area contributed by atoms with Crippen LogP contribution in [-0.2, 0) is 20.5 Å². The lowest BCUT2D eigenvalue weighted by Gasteiger charge is -2.18. The van der Waals surface area contributed by atoms with E-state index in [-0.39, 0.29) is 6.04 Å². The predicted octanol–water partition coefficient (Wildman–Crippen LogP) is 2.05. The van der Waals surface area contributed by atoms with Gasteiger partial charge in [0.1, 0.15) is 5.82 Å². The van der Waals surface area contributed by atoms with E-state index in [0.29, 0.717) is 0 Å². The highest BCUT2D eigenvalue weighted by atomic mass is 15.3. The zero-order valence-electron chi connectivity index (χ0n) is 13.1. The second kappa shape index (κ2) is 6.22. The Labute approximate surface area is 121 Å². The summed E-state index contributed by atoms with van der Waals surface area (Å²) >= 11 is 0. The second-order valence-corrected chi connectivity index (χ2v) is 5.38. The van der Waals surface area contributed by atoms with Gasteiger partial charge in [-0.2, -0.15) is 5.10 Å². The molecule has 0 saturated heterocycles. The molecule has 0 radical (unpaired) electrons. The summed E-state index contributed by atoms with van der Waals surface area (Å²) in [6.07, 6.45) is 5.90. The first kappa shape index (κ1) is 14.8. The van der Waals surface area contributed by atoms with Crippen LogP contribution in [-0.4, -0.2) is 25.9 Å². The maximum atomic E-state index is 4.51. The molecule has 2 aromatic heterocycles. The summed E-state index contributed by atoms with van der Waals surface area (Å²) in [5.41, 5.74) is 3.67. The summed E-state index contributed by atoms with van der Waals surface area (Å²) in [6, 6.07) is 0.233. The van der Waals surface area contributed by atoms with E-state index in [1.54, 1.807) is 0 Å². The third-order valence-electron chi connectivity index (χ3n) is 3.88. The molecule has 1 N–H and O–H groups in total. The first-order valence-electron chi connectivity index (χ1n) is 7.24. The molecule has 0 aliphatic carbocycles. The fourth-order valence-electron chi connectivity index (χ4n) is 2.60. The molecule has 0 aromatic carbocycles. The molecular formula is C15H25N5. The summed E-state index contributed by atoms with van der Waals surface area (Å²) in [7, 11) is 4.05. The molecule has 0 aliphatic heterocycles. The van der Waals surface area contributed by atoms with Gasteiger partial charge < -0.3 is 9.88 Å². The lowest BCUT2D eigenvalue weighted by Crippen LogP contribution is -2.27. The highest BCUT2D eigenvalue weighted by molar-refractivity contribution is 5.26. The largest absolute Gasteiger partial charge is 0.337 e. The van der Waals surface area contributed by atoms with Gasteiger partial charge in [-0.1, -0.05) is 6.92 Å². The molecule has 5 nitrogen and oxygen atoms in total. The minimum atomic E-state index is 0.233.